The Hall–Kier alpha value is -3.14. The molecule has 4 heteroatoms. The number of rotatable bonds is 5. The average Bonchev–Trinajstić information content (AvgIpc) is 2.64. The summed E-state index contributed by atoms with van der Waals surface area (Å²) in [6, 6.07) is 17.9. The summed E-state index contributed by atoms with van der Waals surface area (Å²) in [6.45, 7) is 6.80. The lowest BCUT2D eigenvalue weighted by molar-refractivity contribution is 0.102. The molecule has 0 bridgehead atoms. The summed E-state index contributed by atoms with van der Waals surface area (Å²) in [6.07, 6.45) is 1.69. The van der Waals surface area contributed by atoms with Gasteiger partial charge < -0.3 is 10.6 Å². The number of pyridine rings is 1. The topological polar surface area (TPSA) is 54.0 Å². The zero-order valence-corrected chi connectivity index (χ0v) is 15.3. The highest BCUT2D eigenvalue weighted by atomic mass is 16.1. The van der Waals surface area contributed by atoms with E-state index in [1.54, 1.807) is 12.3 Å². The maximum atomic E-state index is 12.4. The number of carbonyl (C=O) groups is 1. The Kier molecular flexibility index (Phi) is 5.32. The first-order valence-electron chi connectivity index (χ1n) is 8.65. The third kappa shape index (κ3) is 4.48. The first-order chi connectivity index (χ1) is 12.5. The highest BCUT2D eigenvalue weighted by Gasteiger charge is 2.09. The van der Waals surface area contributed by atoms with Gasteiger partial charge in [0.2, 0.25) is 0 Å². The lowest BCUT2D eigenvalue weighted by atomic mass is 10.1. The lowest BCUT2D eigenvalue weighted by Gasteiger charge is -2.10. The van der Waals surface area contributed by atoms with E-state index in [2.05, 4.69) is 46.8 Å². The molecule has 2 aromatic carbocycles. The predicted octanol–water partition coefficient (Wildman–Crippen LogP) is 4.87. The summed E-state index contributed by atoms with van der Waals surface area (Å²) >= 11 is 0. The molecule has 0 saturated carbocycles. The van der Waals surface area contributed by atoms with E-state index in [-0.39, 0.29) is 5.91 Å². The summed E-state index contributed by atoms with van der Waals surface area (Å²) in [4.78, 5) is 16.7. The van der Waals surface area contributed by atoms with Gasteiger partial charge in [-0.05, 0) is 50.1 Å². The summed E-state index contributed by atoms with van der Waals surface area (Å²) in [7, 11) is 0. The van der Waals surface area contributed by atoms with Crippen molar-refractivity contribution in [2.75, 3.05) is 10.6 Å². The van der Waals surface area contributed by atoms with Crippen LogP contribution in [0.4, 0.5) is 11.4 Å². The van der Waals surface area contributed by atoms with E-state index in [4.69, 9.17) is 0 Å². The van der Waals surface area contributed by atoms with Crippen LogP contribution in [0.25, 0.3) is 0 Å². The molecule has 3 aromatic rings. The molecule has 0 atom stereocenters. The molecule has 0 aliphatic heterocycles. The Morgan fingerprint density at radius 2 is 1.65 bits per heavy atom. The zero-order valence-electron chi connectivity index (χ0n) is 15.3. The molecule has 1 amide bonds. The third-order valence-corrected chi connectivity index (χ3v) is 4.24. The fourth-order valence-corrected chi connectivity index (χ4v) is 2.68. The molecule has 0 unspecified atom stereocenters. The first-order valence-corrected chi connectivity index (χ1v) is 8.65. The monoisotopic (exact) mass is 345 g/mol. The van der Waals surface area contributed by atoms with E-state index in [0.29, 0.717) is 5.69 Å². The molecule has 4 nitrogen and oxygen atoms in total. The van der Waals surface area contributed by atoms with Crippen LogP contribution in [-0.2, 0) is 6.54 Å². The van der Waals surface area contributed by atoms with Crippen molar-refractivity contribution >= 4 is 17.3 Å². The van der Waals surface area contributed by atoms with E-state index < -0.39 is 0 Å². The number of aryl methyl sites for hydroxylation is 3. The molecule has 2 N–H and O–H groups in total. The van der Waals surface area contributed by atoms with E-state index >= 15 is 0 Å². The quantitative estimate of drug-likeness (QED) is 0.693. The minimum atomic E-state index is -0.206. The van der Waals surface area contributed by atoms with Crippen LogP contribution in [0, 0.1) is 20.8 Å². The van der Waals surface area contributed by atoms with E-state index in [1.165, 1.54) is 16.7 Å². The van der Waals surface area contributed by atoms with Gasteiger partial charge in [-0.25, -0.2) is 4.98 Å². The number of nitrogens with one attached hydrogen (secondary N) is 2. The molecule has 0 radical (unpaired) electrons. The highest BCUT2D eigenvalue weighted by molar-refractivity contribution is 6.03. The van der Waals surface area contributed by atoms with Crippen molar-refractivity contribution < 1.29 is 4.79 Å². The molecular weight excluding hydrogens is 322 g/mol. The standard InChI is InChI=1S/C22H23N3O/c1-15-4-7-18(8-5-15)13-23-19-9-11-21(24-14-19)22(26)25-20-10-6-16(2)12-17(20)3/h4-12,14,23H,13H2,1-3H3,(H,25,26). The number of hydrogen-bond acceptors (Lipinski definition) is 3. The number of benzene rings is 2. The van der Waals surface area contributed by atoms with Crippen molar-refractivity contribution in [2.24, 2.45) is 0 Å². The van der Waals surface area contributed by atoms with Crippen LogP contribution in [0.5, 0.6) is 0 Å². The fraction of sp³-hybridized carbons (Fsp3) is 0.182. The van der Waals surface area contributed by atoms with Gasteiger partial charge in [-0.2, -0.15) is 0 Å². The number of nitrogens with zero attached hydrogens (tertiary/aromatic N) is 1. The third-order valence-electron chi connectivity index (χ3n) is 4.24. The smallest absolute Gasteiger partial charge is 0.274 e. The van der Waals surface area contributed by atoms with Gasteiger partial charge in [-0.1, -0.05) is 47.5 Å². The molecule has 26 heavy (non-hydrogen) atoms. The van der Waals surface area contributed by atoms with E-state index in [0.717, 1.165) is 23.5 Å². The Balaban J connectivity index is 1.61. The van der Waals surface area contributed by atoms with E-state index in [9.17, 15) is 4.79 Å². The lowest BCUT2D eigenvalue weighted by Crippen LogP contribution is -2.14. The fourth-order valence-electron chi connectivity index (χ4n) is 2.68. The SMILES string of the molecule is Cc1ccc(CNc2ccc(C(=O)Nc3ccc(C)cc3C)nc2)cc1. The number of carbonyl (C=O) groups excluding carboxylic acids is 1. The maximum Gasteiger partial charge on any atom is 0.274 e. The van der Waals surface area contributed by atoms with Gasteiger partial charge in [0.1, 0.15) is 5.69 Å². The minimum absolute atomic E-state index is 0.206. The van der Waals surface area contributed by atoms with Gasteiger partial charge in [0.05, 0.1) is 11.9 Å². The van der Waals surface area contributed by atoms with Crippen LogP contribution in [0.1, 0.15) is 32.7 Å². The second-order valence-electron chi connectivity index (χ2n) is 6.54. The Bertz CT molecular complexity index is 900. The molecule has 132 valence electrons. The Morgan fingerprint density at radius 3 is 2.31 bits per heavy atom. The van der Waals surface area contributed by atoms with Gasteiger partial charge in [0.15, 0.2) is 0 Å². The largest absolute Gasteiger partial charge is 0.380 e. The summed E-state index contributed by atoms with van der Waals surface area (Å²) < 4.78 is 0. The molecule has 1 heterocycles. The van der Waals surface area contributed by atoms with Crippen LogP contribution in [0.15, 0.2) is 60.8 Å². The number of amides is 1. The number of anilines is 2. The second kappa shape index (κ2) is 7.83. The average molecular weight is 345 g/mol. The molecule has 0 aliphatic carbocycles. The molecular formula is C22H23N3O. The predicted molar refractivity (Wildman–Crippen MR) is 107 cm³/mol. The van der Waals surface area contributed by atoms with Crippen molar-refractivity contribution in [3.8, 4) is 0 Å². The second-order valence-corrected chi connectivity index (χ2v) is 6.54. The van der Waals surface area contributed by atoms with Gasteiger partial charge in [0.25, 0.3) is 5.91 Å². The molecule has 3 rings (SSSR count). The van der Waals surface area contributed by atoms with Crippen LogP contribution in [0.3, 0.4) is 0 Å². The normalized spacial score (nSPS) is 10.4. The molecule has 1 aromatic heterocycles. The van der Waals surface area contributed by atoms with Gasteiger partial charge >= 0.3 is 0 Å². The van der Waals surface area contributed by atoms with Crippen LogP contribution >= 0.6 is 0 Å². The molecule has 0 saturated heterocycles. The van der Waals surface area contributed by atoms with Crippen molar-refractivity contribution in [2.45, 2.75) is 27.3 Å². The van der Waals surface area contributed by atoms with E-state index in [1.807, 2.05) is 38.1 Å². The van der Waals surface area contributed by atoms with Gasteiger partial charge in [-0.3, -0.25) is 4.79 Å². The summed E-state index contributed by atoms with van der Waals surface area (Å²) in [5.41, 5.74) is 6.74. The van der Waals surface area contributed by atoms with Crippen molar-refractivity contribution in [3.63, 3.8) is 0 Å². The maximum absolute atomic E-state index is 12.4. The Labute approximate surface area is 154 Å². The van der Waals surface area contributed by atoms with Gasteiger partial charge in [-0.15, -0.1) is 0 Å². The molecule has 0 aliphatic rings. The van der Waals surface area contributed by atoms with Crippen LogP contribution in [0.2, 0.25) is 0 Å². The van der Waals surface area contributed by atoms with Crippen LogP contribution in [-0.4, -0.2) is 10.9 Å². The summed E-state index contributed by atoms with van der Waals surface area (Å²) in [5.74, 6) is -0.206. The molecule has 0 spiro atoms. The summed E-state index contributed by atoms with van der Waals surface area (Å²) in [5, 5.41) is 6.23. The number of aromatic nitrogens is 1. The van der Waals surface area contributed by atoms with Crippen molar-refractivity contribution in [1.29, 1.82) is 0 Å². The van der Waals surface area contributed by atoms with Gasteiger partial charge in [0, 0.05) is 12.2 Å². The van der Waals surface area contributed by atoms with Crippen molar-refractivity contribution in [1.82, 2.24) is 4.98 Å². The minimum Gasteiger partial charge on any atom is -0.380 e. The molecule has 0 fully saturated rings. The highest BCUT2D eigenvalue weighted by Crippen LogP contribution is 2.17. The van der Waals surface area contributed by atoms with Crippen LogP contribution < -0.4 is 10.6 Å². The number of hydrogen-bond donors (Lipinski definition) is 2. The van der Waals surface area contributed by atoms with Crippen molar-refractivity contribution in [3.05, 3.63) is 88.7 Å². The Morgan fingerprint density at radius 1 is 0.923 bits per heavy atom. The first kappa shape index (κ1) is 17.7. The zero-order chi connectivity index (χ0) is 18.5.